The maximum atomic E-state index is 14.5. The molecular weight excluding hydrogens is 813 g/mol. The molecule has 5 bridgehead atoms. The molecule has 2 aromatic carbocycles. The number of amides is 1. The highest BCUT2D eigenvalue weighted by Gasteiger charge is 2.50. The highest BCUT2D eigenvalue weighted by Crippen LogP contribution is 2.55. The number of piperazine rings is 1. The van der Waals surface area contributed by atoms with Gasteiger partial charge in [-0.25, -0.2) is 0 Å². The van der Waals surface area contributed by atoms with Gasteiger partial charge < -0.3 is 49.8 Å². The molecule has 9 atom stereocenters. The van der Waals surface area contributed by atoms with Gasteiger partial charge in [0.1, 0.15) is 23.4 Å². The second-order valence-corrected chi connectivity index (χ2v) is 17.8. The third-order valence-corrected chi connectivity index (χ3v) is 13.5. The molecule has 4 aliphatic heterocycles. The number of carbonyl (C=O) groups is 3. The molecule has 0 aromatic heterocycles. The molecule has 5 aliphatic rings. The van der Waals surface area contributed by atoms with Crippen molar-refractivity contribution in [2.24, 2.45) is 28.8 Å². The highest BCUT2D eigenvalue weighted by atomic mass is 16.7. The summed E-state index contributed by atoms with van der Waals surface area (Å²) in [4.78, 5) is 43.2. The Balaban J connectivity index is 1.47. The van der Waals surface area contributed by atoms with Crippen LogP contribution in [0.1, 0.15) is 95.6 Å². The number of hydrogen-bond acceptors (Lipinski definition) is 15. The molecule has 7 rings (SSSR count). The largest absolute Gasteiger partial charge is 0.507 e. The van der Waals surface area contributed by atoms with Crippen molar-refractivity contribution < 1.29 is 58.9 Å². The van der Waals surface area contributed by atoms with Crippen molar-refractivity contribution in [1.29, 1.82) is 0 Å². The summed E-state index contributed by atoms with van der Waals surface area (Å²) in [5, 5.41) is 67.6. The average Bonchev–Trinajstić information content (AvgIpc) is 3.89. The van der Waals surface area contributed by atoms with E-state index in [2.05, 4.69) is 15.3 Å². The summed E-state index contributed by atoms with van der Waals surface area (Å²) in [6, 6.07) is 0.553. The number of hydrazone groups is 1. The van der Waals surface area contributed by atoms with Crippen molar-refractivity contribution in [1.82, 2.24) is 9.91 Å². The Kier molecular flexibility index (Phi) is 14.5. The van der Waals surface area contributed by atoms with Gasteiger partial charge in [-0.05, 0) is 32.8 Å². The van der Waals surface area contributed by atoms with Crippen LogP contribution in [0.15, 0.2) is 41.2 Å². The predicted octanol–water partition coefficient (Wildman–Crippen LogP) is 5.65. The minimum absolute atomic E-state index is 0.0631. The van der Waals surface area contributed by atoms with Crippen molar-refractivity contribution in [2.45, 2.75) is 117 Å². The number of carbonyl (C=O) groups excluding carboxylic acids is 3. The Morgan fingerprint density at radius 3 is 2.22 bits per heavy atom. The molecule has 0 spiro atoms. The second kappa shape index (κ2) is 19.3. The number of benzene rings is 2. The Morgan fingerprint density at radius 2 is 1.59 bits per heavy atom. The number of aliphatic hydroxyl groups is 2. The zero-order chi connectivity index (χ0) is 46.1. The van der Waals surface area contributed by atoms with Crippen molar-refractivity contribution >= 4 is 40.3 Å². The van der Waals surface area contributed by atoms with E-state index in [0.29, 0.717) is 19.1 Å². The van der Waals surface area contributed by atoms with Crippen LogP contribution in [0.25, 0.3) is 10.8 Å². The van der Waals surface area contributed by atoms with E-state index in [-0.39, 0.29) is 44.5 Å². The van der Waals surface area contributed by atoms with Gasteiger partial charge in [0.15, 0.2) is 5.75 Å². The van der Waals surface area contributed by atoms with E-state index in [4.69, 9.17) is 18.9 Å². The number of rotatable bonds is 5. The minimum Gasteiger partial charge on any atom is -0.507 e. The van der Waals surface area contributed by atoms with Crippen LogP contribution in [0.5, 0.6) is 23.0 Å². The van der Waals surface area contributed by atoms with Crippen LogP contribution < -0.4 is 10.1 Å². The van der Waals surface area contributed by atoms with E-state index in [1.165, 1.54) is 85.1 Å². The number of anilines is 1. The van der Waals surface area contributed by atoms with Gasteiger partial charge in [-0.15, -0.1) is 0 Å². The predicted molar refractivity (Wildman–Crippen MR) is 237 cm³/mol. The molecule has 1 aliphatic carbocycles. The summed E-state index contributed by atoms with van der Waals surface area (Å²) < 4.78 is 23.7. The lowest BCUT2D eigenvalue weighted by Crippen LogP contribution is -2.47. The topological polar surface area (TPSA) is 220 Å². The van der Waals surface area contributed by atoms with E-state index >= 15 is 0 Å². The van der Waals surface area contributed by atoms with Crippen molar-refractivity contribution in [2.75, 3.05) is 38.6 Å². The number of ketones is 1. The normalized spacial score (nSPS) is 32.4. The molecule has 16 heteroatoms. The number of nitrogens with one attached hydrogen (secondary N) is 1. The van der Waals surface area contributed by atoms with E-state index < -0.39 is 88.8 Å². The summed E-state index contributed by atoms with van der Waals surface area (Å²) >= 11 is 0. The molecule has 2 aromatic rings. The highest BCUT2D eigenvalue weighted by molar-refractivity contribution is 6.23. The first-order valence-electron chi connectivity index (χ1n) is 21.9. The van der Waals surface area contributed by atoms with Gasteiger partial charge in [0.25, 0.3) is 11.7 Å². The molecule has 4 heterocycles. The van der Waals surface area contributed by atoms with Crippen LogP contribution in [0, 0.1) is 30.6 Å². The summed E-state index contributed by atoms with van der Waals surface area (Å²) in [6.07, 6.45) is 9.75. The first-order valence-corrected chi connectivity index (χ1v) is 21.9. The van der Waals surface area contributed by atoms with Crippen LogP contribution in [-0.4, -0.2) is 129 Å². The Morgan fingerprint density at radius 1 is 0.921 bits per heavy atom. The number of aromatic hydroxyl groups is 3. The number of phenols is 3. The fraction of sp³-hybridized carbons (Fsp3) is 0.574. The zero-order valence-corrected chi connectivity index (χ0v) is 37.8. The third kappa shape index (κ3) is 9.40. The Bertz CT molecular complexity index is 2190. The van der Waals surface area contributed by atoms with E-state index in [0.717, 1.165) is 13.1 Å². The molecule has 1 amide bonds. The van der Waals surface area contributed by atoms with Crippen LogP contribution >= 0.6 is 0 Å². The van der Waals surface area contributed by atoms with E-state index in [1.807, 2.05) is 5.01 Å². The molecule has 344 valence electrons. The fourth-order valence-corrected chi connectivity index (χ4v) is 9.47. The summed E-state index contributed by atoms with van der Waals surface area (Å²) in [6.45, 7) is 15.4. The van der Waals surface area contributed by atoms with Crippen LogP contribution in [-0.2, 0) is 23.8 Å². The Labute approximate surface area is 368 Å². The number of fused-ring (bicyclic) bond motifs is 14. The standard InChI is InChI=1S/C47H64N4O12/c1-24-13-12-14-25(2)46(59)49-37-32(23-48-51-20-18-50(19-21-51)31-15-10-11-16-31)41(56)34-35(42(37)57)40(55)29(6)44-36(34)45(58)47(8,63-44)61-22-17-33(60-9)26(3)43(62-30(7)52)28(5)39(54)27(4)38(24)53/h12-14,17,22-24,26-28,31,33,38-39,43,53-57H,10-11,15-16,18-21H2,1-9H3,(H,49,59)/b13-12+,22-17+,25-14+,48-23+/t24-,26+,27+,28+,33-,38-,39+,43-,47-/m0/s1. The third-order valence-electron chi connectivity index (χ3n) is 13.5. The van der Waals surface area contributed by atoms with Gasteiger partial charge >= 0.3 is 11.8 Å². The fourth-order valence-electron chi connectivity index (χ4n) is 9.47. The lowest BCUT2D eigenvalue weighted by Gasteiger charge is -2.38. The molecule has 0 radical (unpaired) electrons. The number of ether oxygens (including phenoxy) is 4. The van der Waals surface area contributed by atoms with E-state index in [9.17, 15) is 39.9 Å². The quantitative estimate of drug-likeness (QED) is 0.0926. The van der Waals surface area contributed by atoms with Crippen molar-refractivity contribution in [3.05, 3.63) is 52.8 Å². The zero-order valence-electron chi connectivity index (χ0n) is 37.8. The first-order chi connectivity index (χ1) is 29.8. The molecule has 63 heavy (non-hydrogen) atoms. The molecule has 1 saturated carbocycles. The number of Topliss-reactive ketones (excluding diaryl/α,β-unsaturated/α-hetero) is 1. The summed E-state index contributed by atoms with van der Waals surface area (Å²) in [5.74, 6) is -8.28. The number of methoxy groups -OCH3 is 1. The maximum Gasteiger partial charge on any atom is 0.312 e. The van der Waals surface area contributed by atoms with Gasteiger partial charge in [0.2, 0.25) is 0 Å². The molecule has 16 nitrogen and oxygen atoms in total. The lowest BCUT2D eigenvalue weighted by molar-refractivity contribution is -0.160. The molecule has 0 unspecified atom stereocenters. The number of hydrogen-bond donors (Lipinski definition) is 6. The second-order valence-electron chi connectivity index (χ2n) is 17.8. The summed E-state index contributed by atoms with van der Waals surface area (Å²) in [7, 11) is 1.44. The lowest BCUT2D eigenvalue weighted by atomic mass is 9.78. The van der Waals surface area contributed by atoms with Crippen LogP contribution in [0.4, 0.5) is 5.69 Å². The number of esters is 1. The van der Waals surface area contributed by atoms with Crippen molar-refractivity contribution in [3.8, 4) is 23.0 Å². The Hall–Kier alpha value is -5.16. The summed E-state index contributed by atoms with van der Waals surface area (Å²) in [5.41, 5.74) is -0.293. The molecule has 6 N–H and O–H groups in total. The van der Waals surface area contributed by atoms with Gasteiger partial charge in [0, 0.05) is 93.4 Å². The first kappa shape index (κ1) is 47.3. The van der Waals surface area contributed by atoms with Crippen LogP contribution in [0.3, 0.4) is 0 Å². The van der Waals surface area contributed by atoms with E-state index in [1.54, 1.807) is 39.8 Å². The molecule has 2 fully saturated rings. The number of allylic oxidation sites excluding steroid dienone is 2. The average molecular weight is 877 g/mol. The van der Waals surface area contributed by atoms with Crippen molar-refractivity contribution in [3.63, 3.8) is 0 Å². The minimum atomic E-state index is -2.04. The van der Waals surface area contributed by atoms with Gasteiger partial charge in [0.05, 0.1) is 53.0 Å². The number of aliphatic hydroxyl groups excluding tert-OH is 2. The maximum absolute atomic E-state index is 14.5. The number of phenolic OH excluding ortho intramolecular Hbond substituents is 3. The SMILES string of the molecule is CO[C@H]1/C=C/O[C@@]2(C)Oc3c(C)c(O)c4c(O)c(c(/C=N/N5CCN(C6CCCC6)CC5)c(O)c4c3C2=O)NC(=O)/C(C)=C/C=C/[C@H](C)[C@H](O)[C@@H](C)[C@@H](O)[C@@H](C)[C@@H](OC(C)=O)[C@@H]1C. The monoisotopic (exact) mass is 876 g/mol. The number of nitrogens with zero attached hydrogens (tertiary/aromatic N) is 3. The van der Waals surface area contributed by atoms with Gasteiger partial charge in [-0.3, -0.25) is 24.3 Å². The molecular formula is C47H64N4O12. The van der Waals surface area contributed by atoms with Crippen LogP contribution in [0.2, 0.25) is 0 Å². The van der Waals surface area contributed by atoms with Gasteiger partial charge in [-0.1, -0.05) is 58.8 Å². The smallest absolute Gasteiger partial charge is 0.312 e. The van der Waals surface area contributed by atoms with Gasteiger partial charge in [-0.2, -0.15) is 5.10 Å². The molecule has 1 saturated heterocycles.